The zero-order chi connectivity index (χ0) is 17.6. The van der Waals surface area contributed by atoms with Crippen LogP contribution in [0.2, 0.25) is 5.02 Å². The molecule has 0 spiro atoms. The number of nitrogens with two attached hydrogens (primary N) is 1. The molecule has 6 nitrogen and oxygen atoms in total. The number of esters is 1. The Balaban J connectivity index is 2.20. The number of methoxy groups -OCH3 is 1. The van der Waals surface area contributed by atoms with E-state index in [1.807, 2.05) is 0 Å². The average molecular weight is 361 g/mol. The molecule has 1 aromatic carbocycles. The molecule has 1 aliphatic rings. The first-order valence-corrected chi connectivity index (χ1v) is 6.74. The molecule has 0 bridgehead atoms. The number of anilines is 1. The third-order valence-electron chi connectivity index (χ3n) is 3.15. The second-order valence-corrected chi connectivity index (χ2v) is 5.05. The Labute approximate surface area is 137 Å². The summed E-state index contributed by atoms with van der Waals surface area (Å²) in [5.74, 6) is -3.26. The lowest BCUT2D eigenvalue weighted by Crippen LogP contribution is -2.26. The number of hydrogen-bond donors (Lipinski definition) is 1. The number of alkyl halides is 2. The smallest absolute Gasteiger partial charge is 0.464 e. The van der Waals surface area contributed by atoms with Gasteiger partial charge in [-0.15, -0.1) is 8.78 Å². The van der Waals surface area contributed by atoms with Crippen molar-refractivity contribution in [1.29, 1.82) is 0 Å². The van der Waals surface area contributed by atoms with Gasteiger partial charge in [-0.25, -0.2) is 14.2 Å². The van der Waals surface area contributed by atoms with Crippen molar-refractivity contribution in [3.05, 3.63) is 34.7 Å². The third-order valence-corrected chi connectivity index (χ3v) is 3.54. The second kappa shape index (κ2) is 5.45. The van der Waals surface area contributed by atoms with Gasteiger partial charge >= 0.3 is 12.3 Å². The van der Waals surface area contributed by atoms with Crippen LogP contribution < -0.4 is 15.2 Å². The van der Waals surface area contributed by atoms with Gasteiger partial charge in [-0.2, -0.15) is 0 Å². The van der Waals surface area contributed by atoms with Crippen LogP contribution in [-0.2, 0) is 4.74 Å². The van der Waals surface area contributed by atoms with Crippen LogP contribution in [0.4, 0.5) is 18.9 Å². The van der Waals surface area contributed by atoms with Crippen LogP contribution in [0.3, 0.4) is 0 Å². The molecule has 24 heavy (non-hydrogen) atoms. The highest BCUT2D eigenvalue weighted by molar-refractivity contribution is 6.35. The van der Waals surface area contributed by atoms with Gasteiger partial charge < -0.3 is 19.9 Å². The van der Waals surface area contributed by atoms with Crippen LogP contribution in [0.25, 0.3) is 11.3 Å². The maximum Gasteiger partial charge on any atom is 0.586 e. The van der Waals surface area contributed by atoms with Gasteiger partial charge in [0, 0.05) is 5.56 Å². The monoisotopic (exact) mass is 360 g/mol. The zero-order valence-electron chi connectivity index (χ0n) is 11.9. The largest absolute Gasteiger partial charge is 0.586 e. The molecular formula is C14H8ClF3N2O4. The van der Waals surface area contributed by atoms with E-state index < -0.39 is 29.6 Å². The number of halogens is 4. The highest BCUT2D eigenvalue weighted by Gasteiger charge is 2.46. The minimum absolute atomic E-state index is 0.0464. The number of ether oxygens (including phenoxy) is 3. The van der Waals surface area contributed by atoms with Gasteiger partial charge in [-0.05, 0) is 18.2 Å². The number of benzene rings is 1. The molecule has 0 fully saturated rings. The molecule has 126 valence electrons. The quantitative estimate of drug-likeness (QED) is 0.828. The van der Waals surface area contributed by atoms with Crippen molar-refractivity contribution < 1.29 is 32.2 Å². The first kappa shape index (κ1) is 16.2. The van der Waals surface area contributed by atoms with Gasteiger partial charge in [0.05, 0.1) is 23.5 Å². The number of carbonyl (C=O) groups is 1. The van der Waals surface area contributed by atoms with Gasteiger partial charge in [-0.1, -0.05) is 11.6 Å². The van der Waals surface area contributed by atoms with Crippen LogP contribution in [0, 0.1) is 5.82 Å². The molecule has 2 N–H and O–H groups in total. The normalized spacial score (nSPS) is 14.5. The number of aromatic nitrogens is 1. The Morgan fingerprint density at radius 1 is 1.33 bits per heavy atom. The molecule has 0 atom stereocenters. The lowest BCUT2D eigenvalue weighted by molar-refractivity contribution is -0.287. The van der Waals surface area contributed by atoms with E-state index in [2.05, 4.69) is 19.2 Å². The van der Waals surface area contributed by atoms with Gasteiger partial charge in [0.2, 0.25) is 5.75 Å². The molecule has 3 rings (SSSR count). The zero-order valence-corrected chi connectivity index (χ0v) is 12.7. The minimum atomic E-state index is -4.03. The number of pyridine rings is 1. The number of fused-ring (bicyclic) bond motifs is 1. The van der Waals surface area contributed by atoms with E-state index in [4.69, 9.17) is 17.3 Å². The Bertz CT molecular complexity index is 860. The van der Waals surface area contributed by atoms with Crippen molar-refractivity contribution in [2.75, 3.05) is 12.8 Å². The SMILES string of the molecule is COC(=O)c1nc(-c2ccc(F)c3c2OC(F)(F)O3)cc(N)c1Cl. The Morgan fingerprint density at radius 3 is 2.67 bits per heavy atom. The van der Waals surface area contributed by atoms with E-state index in [1.165, 1.54) is 6.07 Å². The Hall–Kier alpha value is -2.68. The summed E-state index contributed by atoms with van der Waals surface area (Å²) in [6, 6.07) is 3.25. The van der Waals surface area contributed by atoms with E-state index in [-0.39, 0.29) is 27.7 Å². The molecule has 2 heterocycles. The van der Waals surface area contributed by atoms with Crippen LogP contribution in [0.15, 0.2) is 18.2 Å². The summed E-state index contributed by atoms with van der Waals surface area (Å²) in [6.07, 6.45) is -4.03. The van der Waals surface area contributed by atoms with Crippen molar-refractivity contribution in [3.8, 4) is 22.8 Å². The average Bonchev–Trinajstić information content (AvgIpc) is 2.85. The topological polar surface area (TPSA) is 83.7 Å². The van der Waals surface area contributed by atoms with E-state index in [1.54, 1.807) is 0 Å². The first-order chi connectivity index (χ1) is 11.2. The predicted octanol–water partition coefficient (Wildman–Crippen LogP) is 3.23. The van der Waals surface area contributed by atoms with Crippen molar-refractivity contribution in [1.82, 2.24) is 4.98 Å². The number of nitrogens with zero attached hydrogens (tertiary/aromatic N) is 1. The summed E-state index contributed by atoms with van der Waals surface area (Å²) >= 11 is 5.89. The fraction of sp³-hybridized carbons (Fsp3) is 0.143. The summed E-state index contributed by atoms with van der Waals surface area (Å²) < 4.78 is 53.2. The summed E-state index contributed by atoms with van der Waals surface area (Å²) in [7, 11) is 1.11. The molecule has 0 aliphatic carbocycles. The van der Waals surface area contributed by atoms with Gasteiger partial charge in [0.25, 0.3) is 0 Å². The number of carbonyl (C=O) groups excluding carboxylic acids is 1. The summed E-state index contributed by atoms with van der Waals surface area (Å²) in [4.78, 5) is 15.6. The van der Waals surface area contributed by atoms with Crippen molar-refractivity contribution in [3.63, 3.8) is 0 Å². The van der Waals surface area contributed by atoms with Gasteiger partial charge in [-0.3, -0.25) is 0 Å². The Morgan fingerprint density at radius 2 is 2.00 bits per heavy atom. The van der Waals surface area contributed by atoms with Crippen molar-refractivity contribution in [2.24, 2.45) is 0 Å². The second-order valence-electron chi connectivity index (χ2n) is 4.67. The fourth-order valence-electron chi connectivity index (χ4n) is 2.11. The van der Waals surface area contributed by atoms with E-state index >= 15 is 0 Å². The highest BCUT2D eigenvalue weighted by Crippen LogP contribution is 2.48. The van der Waals surface area contributed by atoms with Crippen LogP contribution in [0.5, 0.6) is 11.5 Å². The van der Waals surface area contributed by atoms with Crippen LogP contribution >= 0.6 is 11.6 Å². The maximum absolute atomic E-state index is 13.7. The molecule has 0 amide bonds. The fourth-order valence-corrected chi connectivity index (χ4v) is 2.29. The third kappa shape index (κ3) is 2.56. The highest BCUT2D eigenvalue weighted by atomic mass is 35.5. The Kier molecular flexibility index (Phi) is 3.67. The van der Waals surface area contributed by atoms with Crippen LogP contribution in [0.1, 0.15) is 10.5 Å². The standard InChI is InChI=1S/C14H8ClF3N2O4/c1-22-13(21)10-9(15)7(19)4-8(20-10)5-2-3-6(16)12-11(5)23-14(17,18)24-12/h2-4H,1H3,(H2,19,20). The maximum atomic E-state index is 13.7. The van der Waals surface area contributed by atoms with Gasteiger partial charge in [0.15, 0.2) is 17.3 Å². The minimum Gasteiger partial charge on any atom is -0.464 e. The molecule has 0 unspecified atom stereocenters. The first-order valence-electron chi connectivity index (χ1n) is 6.36. The molecule has 1 aliphatic heterocycles. The molecule has 2 aromatic rings. The van der Waals surface area contributed by atoms with E-state index in [0.717, 1.165) is 19.2 Å². The molecule has 10 heteroatoms. The number of rotatable bonds is 2. The van der Waals surface area contributed by atoms with Crippen molar-refractivity contribution >= 4 is 23.3 Å². The molecule has 0 radical (unpaired) electrons. The van der Waals surface area contributed by atoms with Gasteiger partial charge in [0.1, 0.15) is 0 Å². The summed E-state index contributed by atoms with van der Waals surface area (Å²) in [6.45, 7) is 0. The van der Waals surface area contributed by atoms with Crippen molar-refractivity contribution in [2.45, 2.75) is 6.29 Å². The predicted molar refractivity (Wildman–Crippen MR) is 76.6 cm³/mol. The van der Waals surface area contributed by atoms with E-state index in [9.17, 15) is 18.0 Å². The molecule has 1 aromatic heterocycles. The molecule has 0 saturated heterocycles. The van der Waals surface area contributed by atoms with E-state index in [0.29, 0.717) is 0 Å². The lowest BCUT2D eigenvalue weighted by Gasteiger charge is -2.10. The lowest BCUT2D eigenvalue weighted by atomic mass is 10.1. The number of nitrogen functional groups attached to an aromatic ring is 1. The molecular weight excluding hydrogens is 353 g/mol. The summed E-state index contributed by atoms with van der Waals surface area (Å²) in [5, 5.41) is -0.160. The summed E-state index contributed by atoms with van der Waals surface area (Å²) in [5.41, 5.74) is 5.23. The van der Waals surface area contributed by atoms with Crippen LogP contribution in [-0.4, -0.2) is 24.4 Å². The number of hydrogen-bond acceptors (Lipinski definition) is 6. The molecule has 0 saturated carbocycles.